The van der Waals surface area contributed by atoms with E-state index in [-0.39, 0.29) is 0 Å². The Morgan fingerprint density at radius 2 is 1.50 bits per heavy atom. The number of rotatable bonds is 5. The molecule has 0 unspecified atom stereocenters. The summed E-state index contributed by atoms with van der Waals surface area (Å²) in [6.07, 6.45) is 1.90. The summed E-state index contributed by atoms with van der Waals surface area (Å²) in [5, 5.41) is 3.20. The van der Waals surface area contributed by atoms with Gasteiger partial charge in [-0.05, 0) is 25.9 Å². The molecule has 1 N–H and O–H groups in total. The Morgan fingerprint density at radius 3 is 2.00 bits per heavy atom. The Bertz CT molecular complexity index is 383. The number of hydrogen-bond acceptors (Lipinski definition) is 4. The molecule has 2 heterocycles. The first-order valence-electron chi connectivity index (χ1n) is 7.79. The van der Waals surface area contributed by atoms with E-state index in [1.54, 1.807) is 8.61 Å². The van der Waals surface area contributed by atoms with Crippen molar-refractivity contribution >= 4 is 10.2 Å². The topological polar surface area (TPSA) is 55.9 Å². The maximum atomic E-state index is 12.6. The van der Waals surface area contributed by atoms with Crippen molar-refractivity contribution in [2.45, 2.75) is 32.7 Å². The summed E-state index contributed by atoms with van der Waals surface area (Å²) in [4.78, 5) is 2.44. The molecule has 2 saturated heterocycles. The van der Waals surface area contributed by atoms with Gasteiger partial charge in [-0.3, -0.25) is 0 Å². The van der Waals surface area contributed by atoms with E-state index in [0.717, 1.165) is 39.0 Å². The summed E-state index contributed by atoms with van der Waals surface area (Å²) in [6.45, 7) is 10.5. The van der Waals surface area contributed by atoms with Gasteiger partial charge < -0.3 is 10.2 Å². The quantitative estimate of drug-likeness (QED) is 0.773. The van der Waals surface area contributed by atoms with Crippen molar-refractivity contribution in [2.75, 3.05) is 52.4 Å². The van der Waals surface area contributed by atoms with E-state index >= 15 is 0 Å². The third kappa shape index (κ3) is 3.51. The maximum absolute atomic E-state index is 12.6. The zero-order valence-corrected chi connectivity index (χ0v) is 13.5. The fourth-order valence-electron chi connectivity index (χ4n) is 3.22. The van der Waals surface area contributed by atoms with Crippen LogP contribution in [0.1, 0.15) is 26.7 Å². The van der Waals surface area contributed by atoms with Crippen LogP contribution in [0.5, 0.6) is 0 Å². The van der Waals surface area contributed by atoms with Gasteiger partial charge in [0.2, 0.25) is 0 Å². The van der Waals surface area contributed by atoms with E-state index in [2.05, 4.69) is 24.1 Å². The predicted molar refractivity (Wildman–Crippen MR) is 80.9 cm³/mol. The van der Waals surface area contributed by atoms with Gasteiger partial charge in [0.1, 0.15) is 0 Å². The molecule has 2 fully saturated rings. The highest BCUT2D eigenvalue weighted by Crippen LogP contribution is 2.20. The van der Waals surface area contributed by atoms with Crippen molar-refractivity contribution in [2.24, 2.45) is 0 Å². The Kier molecular flexibility index (Phi) is 5.80. The number of hydrogen-bond donors (Lipinski definition) is 1. The zero-order valence-electron chi connectivity index (χ0n) is 12.7. The van der Waals surface area contributed by atoms with Crippen LogP contribution in [-0.4, -0.2) is 80.3 Å². The summed E-state index contributed by atoms with van der Waals surface area (Å²) in [5.41, 5.74) is 0. The van der Waals surface area contributed by atoms with Crippen molar-refractivity contribution in [3.8, 4) is 0 Å². The van der Waals surface area contributed by atoms with Gasteiger partial charge in [0.15, 0.2) is 0 Å². The molecule has 2 rings (SSSR count). The van der Waals surface area contributed by atoms with E-state index in [9.17, 15) is 8.42 Å². The van der Waals surface area contributed by atoms with E-state index < -0.39 is 10.2 Å². The first-order valence-corrected chi connectivity index (χ1v) is 9.19. The van der Waals surface area contributed by atoms with Gasteiger partial charge in [0, 0.05) is 45.3 Å². The molecule has 0 bridgehead atoms. The van der Waals surface area contributed by atoms with Crippen LogP contribution in [0.3, 0.4) is 0 Å². The predicted octanol–water partition coefficient (Wildman–Crippen LogP) is -0.0574. The van der Waals surface area contributed by atoms with Crippen molar-refractivity contribution in [3.63, 3.8) is 0 Å². The zero-order chi connectivity index (χ0) is 14.6. The molecule has 7 heteroatoms. The van der Waals surface area contributed by atoms with Gasteiger partial charge >= 0.3 is 0 Å². The first-order chi connectivity index (χ1) is 9.59. The third-order valence-corrected chi connectivity index (χ3v) is 6.52. The van der Waals surface area contributed by atoms with Crippen LogP contribution in [0.2, 0.25) is 0 Å². The third-order valence-electron chi connectivity index (χ3n) is 4.48. The minimum Gasteiger partial charge on any atom is -0.314 e. The summed E-state index contributed by atoms with van der Waals surface area (Å²) in [5.74, 6) is 0. The van der Waals surface area contributed by atoms with Crippen molar-refractivity contribution < 1.29 is 8.42 Å². The van der Waals surface area contributed by atoms with Crippen LogP contribution in [0.25, 0.3) is 0 Å². The lowest BCUT2D eigenvalue weighted by atomic mass is 10.1. The second-order valence-corrected chi connectivity index (χ2v) is 7.44. The first kappa shape index (κ1) is 16.2. The van der Waals surface area contributed by atoms with Gasteiger partial charge in [0.25, 0.3) is 10.2 Å². The van der Waals surface area contributed by atoms with Gasteiger partial charge in [0.05, 0.1) is 0 Å². The largest absolute Gasteiger partial charge is 0.314 e. The highest BCUT2D eigenvalue weighted by Gasteiger charge is 2.34. The van der Waals surface area contributed by atoms with Crippen LogP contribution in [0.4, 0.5) is 0 Å². The second kappa shape index (κ2) is 7.17. The maximum Gasteiger partial charge on any atom is 0.282 e. The Hall–Kier alpha value is -0.210. The Balaban J connectivity index is 1.92. The minimum absolute atomic E-state index is 0.541. The molecule has 6 nitrogen and oxygen atoms in total. The summed E-state index contributed by atoms with van der Waals surface area (Å²) < 4.78 is 28.4. The molecule has 0 radical (unpaired) electrons. The molecule has 0 saturated carbocycles. The monoisotopic (exact) mass is 304 g/mol. The fraction of sp³-hybridized carbons (Fsp3) is 1.00. The average Bonchev–Trinajstić information content (AvgIpc) is 2.50. The molecular formula is C13H28N4O2S. The highest BCUT2D eigenvalue weighted by atomic mass is 32.2. The molecule has 0 aromatic rings. The summed E-state index contributed by atoms with van der Waals surface area (Å²) >= 11 is 0. The summed E-state index contributed by atoms with van der Waals surface area (Å²) in [7, 11) is -3.24. The number of nitrogens with zero attached hydrogens (tertiary/aromatic N) is 3. The van der Waals surface area contributed by atoms with Crippen LogP contribution in [0.15, 0.2) is 0 Å². The Labute approximate surface area is 123 Å². The second-order valence-electron chi connectivity index (χ2n) is 5.51. The number of piperazine rings is 1. The molecule has 2 aliphatic rings. The van der Waals surface area contributed by atoms with Crippen molar-refractivity contribution in [1.82, 2.24) is 18.8 Å². The molecule has 118 valence electrons. The molecule has 0 aromatic heterocycles. The lowest BCUT2D eigenvalue weighted by Crippen LogP contribution is -2.54. The standard InChI is InChI=1S/C13H28N4O2S/c1-3-15(4-2)13-5-9-16(10-6-13)20(18,19)17-11-7-14-8-12-17/h13-14H,3-12H2,1-2H3. The minimum atomic E-state index is -3.24. The number of nitrogens with one attached hydrogen (secondary N) is 1. The molecule has 20 heavy (non-hydrogen) atoms. The number of piperidine rings is 1. The lowest BCUT2D eigenvalue weighted by Gasteiger charge is -2.39. The van der Waals surface area contributed by atoms with E-state index in [0.29, 0.717) is 32.2 Å². The van der Waals surface area contributed by atoms with Crippen molar-refractivity contribution in [1.29, 1.82) is 0 Å². The van der Waals surface area contributed by atoms with E-state index in [4.69, 9.17) is 0 Å². The average molecular weight is 304 g/mol. The lowest BCUT2D eigenvalue weighted by molar-refractivity contribution is 0.148. The van der Waals surface area contributed by atoms with Crippen LogP contribution in [0, 0.1) is 0 Å². The van der Waals surface area contributed by atoms with Gasteiger partial charge in [-0.1, -0.05) is 13.8 Å². The highest BCUT2D eigenvalue weighted by molar-refractivity contribution is 7.86. The molecule has 0 atom stereocenters. The normalized spacial score (nSPS) is 24.4. The SMILES string of the molecule is CCN(CC)C1CCN(S(=O)(=O)N2CCNCC2)CC1. The fourth-order valence-corrected chi connectivity index (χ4v) is 4.86. The molecular weight excluding hydrogens is 276 g/mol. The Morgan fingerprint density at radius 1 is 1.00 bits per heavy atom. The molecule has 0 amide bonds. The van der Waals surface area contributed by atoms with Gasteiger partial charge in [-0.2, -0.15) is 17.0 Å². The van der Waals surface area contributed by atoms with E-state index in [1.807, 2.05) is 0 Å². The van der Waals surface area contributed by atoms with Gasteiger partial charge in [-0.25, -0.2) is 0 Å². The molecule has 0 spiro atoms. The van der Waals surface area contributed by atoms with Crippen LogP contribution >= 0.6 is 0 Å². The molecule has 0 aromatic carbocycles. The van der Waals surface area contributed by atoms with Gasteiger partial charge in [-0.15, -0.1) is 0 Å². The van der Waals surface area contributed by atoms with Crippen LogP contribution < -0.4 is 5.32 Å². The molecule has 2 aliphatic heterocycles. The smallest absolute Gasteiger partial charge is 0.282 e. The summed E-state index contributed by atoms with van der Waals surface area (Å²) in [6, 6.07) is 0.541. The molecule has 0 aliphatic carbocycles. The van der Waals surface area contributed by atoms with Crippen molar-refractivity contribution in [3.05, 3.63) is 0 Å². The van der Waals surface area contributed by atoms with Crippen LogP contribution in [-0.2, 0) is 10.2 Å². The van der Waals surface area contributed by atoms with E-state index in [1.165, 1.54) is 0 Å².